The van der Waals surface area contributed by atoms with Crippen molar-refractivity contribution < 1.29 is 0 Å². The van der Waals surface area contributed by atoms with Crippen molar-refractivity contribution in [1.29, 1.82) is 0 Å². The first-order chi connectivity index (χ1) is 4.95. The van der Waals surface area contributed by atoms with Crippen LogP contribution in [0.25, 0.3) is 5.57 Å². The van der Waals surface area contributed by atoms with Crippen molar-refractivity contribution in [3.63, 3.8) is 0 Å². The molecule has 1 heterocycles. The molecule has 0 aromatic heterocycles. The van der Waals surface area contributed by atoms with E-state index in [1.807, 2.05) is 0 Å². The molecule has 1 nitrogen and oxygen atoms in total. The molecular formula is C9H7N. The Morgan fingerprint density at radius 3 is 3.00 bits per heavy atom. The van der Waals surface area contributed by atoms with E-state index in [1.54, 1.807) is 0 Å². The maximum absolute atomic E-state index is 3.38. The summed E-state index contributed by atoms with van der Waals surface area (Å²) < 4.78 is 0. The summed E-state index contributed by atoms with van der Waals surface area (Å²) in [5, 5.41) is 3.38. The quantitative estimate of drug-likeness (QED) is 0.564. The minimum absolute atomic E-state index is 0.581. The summed E-state index contributed by atoms with van der Waals surface area (Å²) in [7, 11) is 0. The Labute approximate surface area is 59.4 Å². The third-order valence-electron chi connectivity index (χ3n) is 2.12. The Bertz CT molecular complexity index is 325. The van der Waals surface area contributed by atoms with E-state index in [4.69, 9.17) is 0 Å². The van der Waals surface area contributed by atoms with E-state index in [0.717, 1.165) is 0 Å². The van der Waals surface area contributed by atoms with Crippen molar-refractivity contribution >= 4 is 11.3 Å². The fourth-order valence-corrected chi connectivity index (χ4v) is 1.54. The number of anilines is 1. The highest BCUT2D eigenvalue weighted by atomic mass is 15.0. The van der Waals surface area contributed by atoms with E-state index < -0.39 is 0 Å². The summed E-state index contributed by atoms with van der Waals surface area (Å²) >= 11 is 0. The number of para-hydroxylation sites is 1. The predicted octanol–water partition coefficient (Wildman–Crippen LogP) is 1.88. The van der Waals surface area contributed by atoms with Crippen LogP contribution in [0.15, 0.2) is 30.3 Å². The second-order valence-corrected chi connectivity index (χ2v) is 2.79. The normalized spacial score (nSPS) is 24.4. The summed E-state index contributed by atoms with van der Waals surface area (Å²) in [5.41, 5.74) is 4.17. The lowest BCUT2D eigenvalue weighted by Crippen LogP contribution is -1.96. The molecule has 1 N–H and O–H groups in total. The lowest BCUT2D eigenvalue weighted by molar-refractivity contribution is 1.31. The number of nitrogens with one attached hydrogen (secondary N) is 1. The molecule has 1 aliphatic heterocycles. The van der Waals surface area contributed by atoms with Crippen LogP contribution in [0.3, 0.4) is 0 Å². The van der Waals surface area contributed by atoms with Crippen molar-refractivity contribution in [3.8, 4) is 0 Å². The molecule has 0 fully saturated rings. The molecule has 10 heavy (non-hydrogen) atoms. The van der Waals surface area contributed by atoms with Gasteiger partial charge in [-0.1, -0.05) is 24.3 Å². The lowest BCUT2D eigenvalue weighted by atomic mass is 10.2. The third-order valence-corrected chi connectivity index (χ3v) is 2.12. The zero-order chi connectivity index (χ0) is 6.55. The molecule has 0 bridgehead atoms. The average molecular weight is 129 g/mol. The fourth-order valence-electron chi connectivity index (χ4n) is 1.54. The van der Waals surface area contributed by atoms with Gasteiger partial charge in [0.15, 0.2) is 0 Å². The largest absolute Gasteiger partial charge is 0.374 e. The van der Waals surface area contributed by atoms with Crippen LogP contribution < -0.4 is 5.32 Å². The molecule has 0 saturated heterocycles. The van der Waals surface area contributed by atoms with E-state index >= 15 is 0 Å². The maximum Gasteiger partial charge on any atom is 0.0709 e. The van der Waals surface area contributed by atoms with Gasteiger partial charge in [0.2, 0.25) is 0 Å². The topological polar surface area (TPSA) is 12.0 Å². The Balaban J connectivity index is 2.31. The summed E-state index contributed by atoms with van der Waals surface area (Å²) in [5.74, 6) is 0. The molecule has 48 valence electrons. The first kappa shape index (κ1) is 4.56. The average Bonchev–Trinajstić information content (AvgIpc) is 2.64. The van der Waals surface area contributed by atoms with E-state index in [0.29, 0.717) is 6.04 Å². The van der Waals surface area contributed by atoms with Crippen LogP contribution in [0.5, 0.6) is 0 Å². The molecule has 1 aromatic carbocycles. The molecule has 1 unspecified atom stereocenters. The molecule has 0 amide bonds. The smallest absolute Gasteiger partial charge is 0.0709 e. The summed E-state index contributed by atoms with van der Waals surface area (Å²) in [4.78, 5) is 0. The minimum atomic E-state index is 0.581. The number of fused-ring (bicyclic) bond motifs is 3. The monoisotopic (exact) mass is 129 g/mol. The van der Waals surface area contributed by atoms with Crippen LogP contribution in [0.1, 0.15) is 5.56 Å². The Morgan fingerprint density at radius 1 is 1.20 bits per heavy atom. The molecular weight excluding hydrogens is 122 g/mol. The van der Waals surface area contributed by atoms with E-state index in [-0.39, 0.29) is 0 Å². The number of rotatable bonds is 0. The first-order valence-electron chi connectivity index (χ1n) is 3.53. The molecule has 2 aliphatic rings. The SMILES string of the molecule is C1=C2c3ccccc3NC12. The number of hydrogen-bond donors (Lipinski definition) is 1. The van der Waals surface area contributed by atoms with Crippen LogP contribution >= 0.6 is 0 Å². The van der Waals surface area contributed by atoms with Gasteiger partial charge >= 0.3 is 0 Å². The van der Waals surface area contributed by atoms with Crippen LogP contribution in [-0.4, -0.2) is 6.04 Å². The molecule has 1 aromatic rings. The van der Waals surface area contributed by atoms with Gasteiger partial charge in [-0.25, -0.2) is 0 Å². The van der Waals surface area contributed by atoms with Gasteiger partial charge in [-0.3, -0.25) is 0 Å². The zero-order valence-corrected chi connectivity index (χ0v) is 5.46. The molecule has 0 spiro atoms. The van der Waals surface area contributed by atoms with Crippen LogP contribution in [0, 0.1) is 0 Å². The third kappa shape index (κ3) is 0.397. The highest BCUT2D eigenvalue weighted by Crippen LogP contribution is 2.44. The molecule has 1 atom stereocenters. The van der Waals surface area contributed by atoms with Gasteiger partial charge in [0, 0.05) is 11.3 Å². The second-order valence-electron chi connectivity index (χ2n) is 2.79. The molecule has 0 saturated carbocycles. The molecule has 1 aliphatic carbocycles. The summed E-state index contributed by atoms with van der Waals surface area (Å²) in [6.07, 6.45) is 2.25. The van der Waals surface area contributed by atoms with Crippen LogP contribution in [0.2, 0.25) is 0 Å². The lowest BCUT2D eigenvalue weighted by Gasteiger charge is -1.98. The van der Waals surface area contributed by atoms with Gasteiger partial charge in [-0.05, 0) is 11.6 Å². The highest BCUT2D eigenvalue weighted by Gasteiger charge is 2.33. The second kappa shape index (κ2) is 1.26. The predicted molar refractivity (Wildman–Crippen MR) is 41.8 cm³/mol. The van der Waals surface area contributed by atoms with Crippen LogP contribution in [0.4, 0.5) is 5.69 Å². The van der Waals surface area contributed by atoms with Gasteiger partial charge in [0.25, 0.3) is 0 Å². The Hall–Kier alpha value is -1.24. The minimum Gasteiger partial charge on any atom is -0.374 e. The van der Waals surface area contributed by atoms with Gasteiger partial charge in [-0.15, -0.1) is 0 Å². The van der Waals surface area contributed by atoms with Gasteiger partial charge < -0.3 is 5.32 Å². The molecule has 0 radical (unpaired) electrons. The van der Waals surface area contributed by atoms with E-state index in [9.17, 15) is 0 Å². The maximum atomic E-state index is 3.38. The van der Waals surface area contributed by atoms with Gasteiger partial charge in [0.1, 0.15) is 0 Å². The van der Waals surface area contributed by atoms with Crippen LogP contribution in [-0.2, 0) is 0 Å². The Morgan fingerprint density at radius 2 is 2.10 bits per heavy atom. The standard InChI is InChI=1S/C9H7N/c1-2-4-8-6(3-1)7-5-9(7)10-8/h1-5,9-10H. The van der Waals surface area contributed by atoms with Crippen molar-refractivity contribution in [2.75, 3.05) is 5.32 Å². The number of hydrogen-bond acceptors (Lipinski definition) is 1. The zero-order valence-electron chi connectivity index (χ0n) is 5.46. The molecule has 1 heteroatoms. The first-order valence-corrected chi connectivity index (χ1v) is 3.53. The van der Waals surface area contributed by atoms with Gasteiger partial charge in [0.05, 0.1) is 6.04 Å². The van der Waals surface area contributed by atoms with E-state index in [1.165, 1.54) is 16.8 Å². The summed E-state index contributed by atoms with van der Waals surface area (Å²) in [6.45, 7) is 0. The Kier molecular flexibility index (Phi) is 0.575. The summed E-state index contributed by atoms with van der Waals surface area (Å²) in [6, 6.07) is 9.03. The van der Waals surface area contributed by atoms with Crippen molar-refractivity contribution in [3.05, 3.63) is 35.9 Å². The van der Waals surface area contributed by atoms with Gasteiger partial charge in [-0.2, -0.15) is 0 Å². The highest BCUT2D eigenvalue weighted by molar-refractivity contribution is 5.97. The number of benzene rings is 1. The van der Waals surface area contributed by atoms with Crippen molar-refractivity contribution in [2.24, 2.45) is 0 Å². The van der Waals surface area contributed by atoms with Crippen molar-refractivity contribution in [2.45, 2.75) is 6.04 Å². The molecule has 3 rings (SSSR count). The van der Waals surface area contributed by atoms with Crippen molar-refractivity contribution in [1.82, 2.24) is 0 Å². The fraction of sp³-hybridized carbons (Fsp3) is 0.111. The van der Waals surface area contributed by atoms with E-state index in [2.05, 4.69) is 35.7 Å².